The Kier molecular flexibility index (Phi) is 8.53. The van der Waals surface area contributed by atoms with Crippen LogP contribution in [0.2, 0.25) is 5.02 Å². The number of nitrogens with zero attached hydrogens (tertiary/aromatic N) is 3. The average molecular weight is 503 g/mol. The summed E-state index contributed by atoms with van der Waals surface area (Å²) in [6.45, 7) is 5.32. The highest BCUT2D eigenvalue weighted by molar-refractivity contribution is 14.0. The van der Waals surface area contributed by atoms with Gasteiger partial charge in [0.15, 0.2) is 15.8 Å². The number of aromatic nitrogens is 1. The molecule has 0 saturated carbocycles. The molecule has 1 aromatic rings. The summed E-state index contributed by atoms with van der Waals surface area (Å²) in [5.74, 6) is 1.45. The van der Waals surface area contributed by atoms with Gasteiger partial charge in [-0.3, -0.25) is 4.99 Å². The third-order valence-electron chi connectivity index (χ3n) is 4.08. The maximum absolute atomic E-state index is 11.6. The molecule has 1 saturated heterocycles. The van der Waals surface area contributed by atoms with Crippen LogP contribution in [0.4, 0.5) is 0 Å². The maximum atomic E-state index is 11.6. The van der Waals surface area contributed by atoms with E-state index >= 15 is 0 Å². The Balaban J connectivity index is 0.00000312. The standard InChI is InChI=1S/C16H27ClN4O2S.HI/c1-12(2)19-16(18-8-13-5-6-24(22,23)11-13)21(4)10-15-7-14(17)9-20(15)3;/h7,9,12-13H,5-6,8,10-11H2,1-4H3,(H,18,19);1H. The van der Waals surface area contributed by atoms with Gasteiger partial charge in [0, 0.05) is 38.6 Å². The van der Waals surface area contributed by atoms with Gasteiger partial charge < -0.3 is 14.8 Å². The molecule has 1 atom stereocenters. The van der Waals surface area contributed by atoms with Crippen molar-refractivity contribution >= 4 is 51.4 Å². The summed E-state index contributed by atoms with van der Waals surface area (Å²) in [5, 5.41) is 4.07. The highest BCUT2D eigenvalue weighted by atomic mass is 127. The molecule has 1 unspecified atom stereocenters. The second kappa shape index (κ2) is 9.45. The van der Waals surface area contributed by atoms with Crippen LogP contribution in [0.3, 0.4) is 0 Å². The van der Waals surface area contributed by atoms with Crippen LogP contribution in [0.5, 0.6) is 0 Å². The molecule has 1 aromatic heterocycles. The number of sulfone groups is 1. The first kappa shape index (κ1) is 22.6. The lowest BCUT2D eigenvalue weighted by Gasteiger charge is -2.25. The molecular weight excluding hydrogens is 475 g/mol. The minimum atomic E-state index is -2.86. The predicted octanol–water partition coefficient (Wildman–Crippen LogP) is 2.52. The fraction of sp³-hybridized carbons (Fsp3) is 0.688. The second-order valence-corrected chi connectivity index (χ2v) is 9.51. The van der Waals surface area contributed by atoms with Crippen molar-refractivity contribution in [2.75, 3.05) is 25.1 Å². The van der Waals surface area contributed by atoms with Crippen molar-refractivity contribution in [2.45, 2.75) is 32.9 Å². The van der Waals surface area contributed by atoms with Gasteiger partial charge in [-0.15, -0.1) is 24.0 Å². The largest absolute Gasteiger partial charge is 0.354 e. The monoisotopic (exact) mass is 502 g/mol. The highest BCUT2D eigenvalue weighted by Gasteiger charge is 2.27. The van der Waals surface area contributed by atoms with Crippen molar-refractivity contribution < 1.29 is 8.42 Å². The molecule has 1 aliphatic rings. The molecule has 1 aliphatic heterocycles. The van der Waals surface area contributed by atoms with Gasteiger partial charge in [0.2, 0.25) is 0 Å². The normalized spacial score (nSPS) is 19.8. The zero-order valence-electron chi connectivity index (χ0n) is 15.2. The Labute approximate surface area is 173 Å². The van der Waals surface area contributed by atoms with Crippen LogP contribution < -0.4 is 5.32 Å². The van der Waals surface area contributed by atoms with Crippen LogP contribution in [0.1, 0.15) is 26.0 Å². The van der Waals surface area contributed by atoms with E-state index in [1.165, 1.54) is 0 Å². The molecule has 144 valence electrons. The molecule has 0 aliphatic carbocycles. The number of aryl methyl sites for hydroxylation is 1. The summed E-state index contributed by atoms with van der Waals surface area (Å²) < 4.78 is 25.2. The third kappa shape index (κ3) is 6.97. The Morgan fingerprint density at radius 1 is 1.52 bits per heavy atom. The van der Waals surface area contributed by atoms with E-state index in [0.29, 0.717) is 24.5 Å². The summed E-state index contributed by atoms with van der Waals surface area (Å²) in [6.07, 6.45) is 2.58. The fourth-order valence-corrected chi connectivity index (χ4v) is 4.93. The third-order valence-corrected chi connectivity index (χ3v) is 6.12. The lowest BCUT2D eigenvalue weighted by molar-refractivity contribution is 0.449. The summed E-state index contributed by atoms with van der Waals surface area (Å²) in [7, 11) is 1.08. The van der Waals surface area contributed by atoms with Gasteiger partial charge in [0.25, 0.3) is 0 Å². The molecule has 0 radical (unpaired) electrons. The van der Waals surface area contributed by atoms with Crippen LogP contribution >= 0.6 is 35.6 Å². The number of aliphatic imine (C=N–C) groups is 1. The summed E-state index contributed by atoms with van der Waals surface area (Å²) in [6, 6.07) is 2.18. The summed E-state index contributed by atoms with van der Waals surface area (Å²) >= 11 is 6.04. The van der Waals surface area contributed by atoms with E-state index in [-0.39, 0.29) is 47.4 Å². The van der Waals surface area contributed by atoms with E-state index in [2.05, 4.69) is 24.2 Å². The van der Waals surface area contributed by atoms with Crippen molar-refractivity contribution in [3.63, 3.8) is 0 Å². The zero-order chi connectivity index (χ0) is 17.9. The topological polar surface area (TPSA) is 66.7 Å². The molecule has 0 aromatic carbocycles. The Morgan fingerprint density at radius 3 is 2.68 bits per heavy atom. The summed E-state index contributed by atoms with van der Waals surface area (Å²) in [5.41, 5.74) is 1.09. The quantitative estimate of drug-likeness (QED) is 0.382. The minimum Gasteiger partial charge on any atom is -0.354 e. The number of guanidine groups is 1. The fourth-order valence-electron chi connectivity index (χ4n) is 2.81. The Morgan fingerprint density at radius 2 is 2.20 bits per heavy atom. The van der Waals surface area contributed by atoms with Crippen molar-refractivity contribution in [1.29, 1.82) is 0 Å². The van der Waals surface area contributed by atoms with Gasteiger partial charge in [-0.05, 0) is 32.3 Å². The van der Waals surface area contributed by atoms with Gasteiger partial charge in [-0.2, -0.15) is 0 Å². The van der Waals surface area contributed by atoms with Crippen molar-refractivity contribution in [3.05, 3.63) is 23.0 Å². The summed E-state index contributed by atoms with van der Waals surface area (Å²) in [4.78, 5) is 6.71. The minimum absolute atomic E-state index is 0. The van der Waals surface area contributed by atoms with E-state index in [1.807, 2.05) is 35.8 Å². The Bertz CT molecular complexity index is 703. The lowest BCUT2D eigenvalue weighted by atomic mass is 10.1. The molecule has 0 spiro atoms. The molecular formula is C16H28ClIN4O2S. The average Bonchev–Trinajstić information content (AvgIpc) is 2.96. The smallest absolute Gasteiger partial charge is 0.194 e. The van der Waals surface area contributed by atoms with Crippen molar-refractivity contribution in [3.8, 4) is 0 Å². The number of rotatable bonds is 5. The van der Waals surface area contributed by atoms with Crippen LogP contribution in [0.15, 0.2) is 17.3 Å². The number of hydrogen-bond donors (Lipinski definition) is 1. The van der Waals surface area contributed by atoms with E-state index in [0.717, 1.165) is 11.7 Å². The van der Waals surface area contributed by atoms with Crippen molar-refractivity contribution in [1.82, 2.24) is 14.8 Å². The molecule has 2 heterocycles. The number of nitrogens with one attached hydrogen (secondary N) is 1. The van der Waals surface area contributed by atoms with E-state index in [1.54, 1.807) is 0 Å². The first-order chi connectivity index (χ1) is 11.2. The first-order valence-corrected chi connectivity index (χ1v) is 10.4. The van der Waals surface area contributed by atoms with Crippen LogP contribution in [-0.2, 0) is 23.4 Å². The number of halogens is 2. The molecule has 0 amide bonds. The molecule has 9 heteroatoms. The maximum Gasteiger partial charge on any atom is 0.194 e. The molecule has 2 rings (SSSR count). The van der Waals surface area contributed by atoms with Gasteiger partial charge in [0.05, 0.1) is 23.1 Å². The zero-order valence-corrected chi connectivity index (χ0v) is 19.1. The van der Waals surface area contributed by atoms with E-state index < -0.39 is 9.84 Å². The molecule has 1 fully saturated rings. The van der Waals surface area contributed by atoms with Gasteiger partial charge >= 0.3 is 0 Å². The lowest BCUT2D eigenvalue weighted by Crippen LogP contribution is -2.42. The van der Waals surface area contributed by atoms with Gasteiger partial charge in [-0.25, -0.2) is 8.42 Å². The Hall–Kier alpha value is -0.480. The SMILES string of the molecule is CC(C)NC(=NCC1CCS(=O)(=O)C1)N(C)Cc1cc(Cl)cn1C.I. The molecule has 0 bridgehead atoms. The van der Waals surface area contributed by atoms with Crippen LogP contribution in [0.25, 0.3) is 0 Å². The molecule has 1 N–H and O–H groups in total. The van der Waals surface area contributed by atoms with E-state index in [9.17, 15) is 8.42 Å². The van der Waals surface area contributed by atoms with E-state index in [4.69, 9.17) is 11.6 Å². The first-order valence-electron chi connectivity index (χ1n) is 8.19. The predicted molar refractivity (Wildman–Crippen MR) is 115 cm³/mol. The van der Waals surface area contributed by atoms with Gasteiger partial charge in [0.1, 0.15) is 0 Å². The number of hydrogen-bond acceptors (Lipinski definition) is 3. The van der Waals surface area contributed by atoms with Gasteiger partial charge in [-0.1, -0.05) is 11.6 Å². The highest BCUT2D eigenvalue weighted by Crippen LogP contribution is 2.19. The van der Waals surface area contributed by atoms with Crippen LogP contribution in [-0.4, -0.2) is 55.0 Å². The second-order valence-electron chi connectivity index (χ2n) is 6.85. The van der Waals surface area contributed by atoms with Crippen LogP contribution in [0, 0.1) is 5.92 Å². The van der Waals surface area contributed by atoms with Crippen molar-refractivity contribution in [2.24, 2.45) is 18.0 Å². The molecule has 25 heavy (non-hydrogen) atoms. The molecule has 6 nitrogen and oxygen atoms in total.